The van der Waals surface area contributed by atoms with Crippen LogP contribution in [0.3, 0.4) is 0 Å². The molecule has 0 unspecified atom stereocenters. The largest absolute Gasteiger partial charge is 0.483 e. The minimum absolute atomic E-state index is 0.00408. The van der Waals surface area contributed by atoms with Crippen molar-refractivity contribution in [1.29, 1.82) is 0 Å². The Morgan fingerprint density at radius 1 is 1.21 bits per heavy atom. The number of anilines is 1. The van der Waals surface area contributed by atoms with E-state index < -0.39 is 30.2 Å². The van der Waals surface area contributed by atoms with Crippen LogP contribution in [0.5, 0.6) is 5.75 Å². The maximum absolute atomic E-state index is 12.8. The van der Waals surface area contributed by atoms with Crippen LogP contribution in [0.4, 0.5) is 18.9 Å². The Morgan fingerprint density at radius 3 is 2.66 bits per heavy atom. The minimum Gasteiger partial charge on any atom is -0.483 e. The molecule has 3 rings (SSSR count). The molecule has 0 fully saturated rings. The summed E-state index contributed by atoms with van der Waals surface area (Å²) >= 11 is 1.02. The highest BCUT2D eigenvalue weighted by Crippen LogP contribution is 2.31. The van der Waals surface area contributed by atoms with E-state index in [0.29, 0.717) is 16.2 Å². The molecule has 1 heterocycles. The van der Waals surface area contributed by atoms with E-state index in [1.807, 2.05) is 0 Å². The Hall–Kier alpha value is -3.27. The van der Waals surface area contributed by atoms with Gasteiger partial charge in [0.2, 0.25) is 0 Å². The molecular weight excluding hydrogens is 407 g/mol. The predicted octanol–water partition coefficient (Wildman–Crippen LogP) is 3.65. The number of hydrogen-bond acceptors (Lipinski definition) is 5. The average molecular weight is 421 g/mol. The fourth-order valence-electron chi connectivity index (χ4n) is 2.41. The monoisotopic (exact) mass is 421 g/mol. The first kappa shape index (κ1) is 20.5. The molecule has 0 saturated carbocycles. The van der Waals surface area contributed by atoms with Crippen molar-refractivity contribution >= 4 is 40.5 Å². The van der Waals surface area contributed by atoms with E-state index >= 15 is 0 Å². The zero-order valence-corrected chi connectivity index (χ0v) is 15.5. The molecule has 0 aliphatic carbocycles. The van der Waals surface area contributed by atoms with E-state index in [2.05, 4.69) is 10.3 Å². The summed E-state index contributed by atoms with van der Waals surface area (Å²) in [5, 5.41) is 2.50. The summed E-state index contributed by atoms with van der Waals surface area (Å²) in [7, 11) is 0. The molecule has 3 N–H and O–H groups in total. The number of aliphatic imine (C=N–C) groups is 1. The molecule has 0 aromatic heterocycles. The summed E-state index contributed by atoms with van der Waals surface area (Å²) < 4.78 is 43.7. The molecule has 0 saturated heterocycles. The van der Waals surface area contributed by atoms with E-state index in [-0.39, 0.29) is 10.9 Å². The Bertz CT molecular complexity index is 1020. The van der Waals surface area contributed by atoms with Gasteiger partial charge in [-0.25, -0.2) is 0 Å². The molecule has 0 atom stereocenters. The number of ether oxygens (including phenoxy) is 1. The van der Waals surface area contributed by atoms with Gasteiger partial charge in [0.15, 0.2) is 11.8 Å². The molecule has 2 aromatic rings. The number of nitrogens with two attached hydrogens (primary N) is 1. The number of rotatable bonds is 5. The molecule has 0 radical (unpaired) electrons. The topological polar surface area (TPSA) is 93.8 Å². The molecule has 10 heteroatoms. The molecule has 2 amide bonds. The maximum Gasteiger partial charge on any atom is 0.416 e. The van der Waals surface area contributed by atoms with Crippen molar-refractivity contribution in [1.82, 2.24) is 0 Å². The highest BCUT2D eigenvalue weighted by Gasteiger charge is 2.30. The summed E-state index contributed by atoms with van der Waals surface area (Å²) in [4.78, 5) is 27.7. The van der Waals surface area contributed by atoms with Crippen LogP contribution >= 0.6 is 11.8 Å². The van der Waals surface area contributed by atoms with Gasteiger partial charge in [0.1, 0.15) is 5.75 Å². The van der Waals surface area contributed by atoms with Crippen molar-refractivity contribution in [2.75, 3.05) is 11.9 Å². The SMILES string of the molecule is NC1=NC(=O)/C(=C/c2ccccc2OCC(=O)Nc2cccc(C(F)(F)F)c2)S1. The molecule has 0 spiro atoms. The van der Waals surface area contributed by atoms with Gasteiger partial charge in [0.05, 0.1) is 10.5 Å². The molecule has 2 aromatic carbocycles. The Labute approximate surface area is 167 Å². The van der Waals surface area contributed by atoms with Crippen LogP contribution in [0.2, 0.25) is 0 Å². The summed E-state index contributed by atoms with van der Waals surface area (Å²) in [5.41, 5.74) is 5.18. The number of amides is 2. The molecule has 29 heavy (non-hydrogen) atoms. The number of para-hydroxylation sites is 1. The minimum atomic E-state index is -4.51. The predicted molar refractivity (Wildman–Crippen MR) is 104 cm³/mol. The summed E-state index contributed by atoms with van der Waals surface area (Å²) in [5.74, 6) is -0.784. The number of alkyl halides is 3. The first-order valence-corrected chi connectivity index (χ1v) is 9.01. The molecule has 0 bridgehead atoms. The van der Waals surface area contributed by atoms with Crippen molar-refractivity contribution in [3.63, 3.8) is 0 Å². The normalized spacial score (nSPS) is 15.3. The average Bonchev–Trinajstić information content (AvgIpc) is 2.97. The van der Waals surface area contributed by atoms with Crippen LogP contribution in [-0.4, -0.2) is 23.6 Å². The fraction of sp³-hybridized carbons (Fsp3) is 0.105. The van der Waals surface area contributed by atoms with Crippen LogP contribution in [0.1, 0.15) is 11.1 Å². The third-order valence-corrected chi connectivity index (χ3v) is 4.49. The Kier molecular flexibility index (Phi) is 5.92. The zero-order valence-electron chi connectivity index (χ0n) is 14.7. The lowest BCUT2D eigenvalue weighted by Crippen LogP contribution is -2.20. The van der Waals surface area contributed by atoms with E-state index in [4.69, 9.17) is 10.5 Å². The summed E-state index contributed by atoms with van der Waals surface area (Å²) in [6, 6.07) is 11.0. The van der Waals surface area contributed by atoms with Crippen LogP contribution in [0, 0.1) is 0 Å². The second kappa shape index (κ2) is 8.39. The number of benzene rings is 2. The lowest BCUT2D eigenvalue weighted by Gasteiger charge is -2.11. The first-order chi connectivity index (χ1) is 13.7. The highest BCUT2D eigenvalue weighted by atomic mass is 32.2. The summed E-state index contributed by atoms with van der Waals surface area (Å²) in [6.45, 7) is -0.434. The summed E-state index contributed by atoms with van der Waals surface area (Å²) in [6.07, 6.45) is -2.97. The zero-order chi connectivity index (χ0) is 21.0. The number of amidine groups is 1. The second-order valence-corrected chi connectivity index (χ2v) is 6.88. The third-order valence-electron chi connectivity index (χ3n) is 3.68. The molecule has 6 nitrogen and oxygen atoms in total. The number of nitrogens with one attached hydrogen (secondary N) is 1. The van der Waals surface area contributed by atoms with Gasteiger partial charge in [-0.3, -0.25) is 9.59 Å². The van der Waals surface area contributed by atoms with Crippen molar-refractivity contribution in [3.8, 4) is 5.75 Å². The Balaban J connectivity index is 1.66. The smallest absolute Gasteiger partial charge is 0.416 e. The number of halogens is 3. The van der Waals surface area contributed by atoms with E-state index in [1.165, 1.54) is 18.2 Å². The quantitative estimate of drug-likeness (QED) is 0.719. The van der Waals surface area contributed by atoms with Crippen LogP contribution in [0.15, 0.2) is 58.4 Å². The lowest BCUT2D eigenvalue weighted by molar-refractivity contribution is -0.137. The highest BCUT2D eigenvalue weighted by molar-refractivity contribution is 8.18. The number of nitrogens with zero attached hydrogens (tertiary/aromatic N) is 1. The van der Waals surface area contributed by atoms with E-state index in [0.717, 1.165) is 23.9 Å². The number of hydrogen-bond donors (Lipinski definition) is 2. The first-order valence-electron chi connectivity index (χ1n) is 8.19. The van der Waals surface area contributed by atoms with Crippen LogP contribution in [0.25, 0.3) is 6.08 Å². The molecular formula is C19H14F3N3O3S. The number of carbonyl (C=O) groups excluding carboxylic acids is 2. The van der Waals surface area contributed by atoms with Crippen molar-refractivity contribution < 1.29 is 27.5 Å². The maximum atomic E-state index is 12.8. The van der Waals surface area contributed by atoms with Gasteiger partial charge >= 0.3 is 6.18 Å². The lowest BCUT2D eigenvalue weighted by atomic mass is 10.2. The van der Waals surface area contributed by atoms with Gasteiger partial charge in [0.25, 0.3) is 11.8 Å². The number of thioether (sulfide) groups is 1. The second-order valence-electron chi connectivity index (χ2n) is 5.82. The van der Waals surface area contributed by atoms with Gasteiger partial charge in [-0.15, -0.1) is 0 Å². The van der Waals surface area contributed by atoms with Gasteiger partial charge in [0, 0.05) is 11.3 Å². The van der Waals surface area contributed by atoms with Crippen LogP contribution < -0.4 is 15.8 Å². The van der Waals surface area contributed by atoms with Gasteiger partial charge in [-0.05, 0) is 42.1 Å². The van der Waals surface area contributed by atoms with E-state index in [9.17, 15) is 22.8 Å². The Morgan fingerprint density at radius 2 is 1.97 bits per heavy atom. The van der Waals surface area contributed by atoms with Crippen LogP contribution in [-0.2, 0) is 15.8 Å². The fourth-order valence-corrected chi connectivity index (χ4v) is 3.08. The van der Waals surface area contributed by atoms with Crippen molar-refractivity contribution in [2.45, 2.75) is 6.18 Å². The third kappa shape index (κ3) is 5.38. The van der Waals surface area contributed by atoms with Gasteiger partial charge in [-0.2, -0.15) is 18.2 Å². The van der Waals surface area contributed by atoms with Gasteiger partial charge < -0.3 is 15.8 Å². The molecule has 150 valence electrons. The molecule has 1 aliphatic heterocycles. The van der Waals surface area contributed by atoms with Crippen molar-refractivity contribution in [3.05, 3.63) is 64.6 Å². The van der Waals surface area contributed by atoms with Gasteiger partial charge in [-0.1, -0.05) is 24.3 Å². The van der Waals surface area contributed by atoms with Crippen molar-refractivity contribution in [2.24, 2.45) is 10.7 Å². The van der Waals surface area contributed by atoms with E-state index in [1.54, 1.807) is 24.3 Å². The number of carbonyl (C=O) groups is 2. The molecule has 1 aliphatic rings. The standard InChI is InChI=1S/C19H14F3N3O3S/c20-19(21,22)12-5-3-6-13(9-12)24-16(26)10-28-14-7-2-1-4-11(14)8-15-17(27)25-18(23)29-15/h1-9H,10H2,(H,24,26)(H2,23,25,27)/b15-8-.